The second kappa shape index (κ2) is 9.92. The van der Waals surface area contributed by atoms with Gasteiger partial charge in [-0.05, 0) is 36.5 Å². The van der Waals surface area contributed by atoms with Crippen molar-refractivity contribution in [3.63, 3.8) is 0 Å². The Morgan fingerprint density at radius 1 is 1.14 bits per heavy atom. The van der Waals surface area contributed by atoms with Gasteiger partial charge in [0.25, 0.3) is 0 Å². The molecule has 124 valence electrons. The van der Waals surface area contributed by atoms with Crippen molar-refractivity contribution in [2.24, 2.45) is 10.9 Å². The molecule has 0 aliphatic heterocycles. The smallest absolute Gasteiger partial charge is 0.190 e. The lowest BCUT2D eigenvalue weighted by molar-refractivity contribution is 0.354. The minimum atomic E-state index is 0.602. The lowest BCUT2D eigenvalue weighted by Crippen LogP contribution is -2.39. The van der Waals surface area contributed by atoms with Crippen molar-refractivity contribution in [1.29, 1.82) is 0 Å². The van der Waals surface area contributed by atoms with Gasteiger partial charge in [-0.1, -0.05) is 19.9 Å². The van der Waals surface area contributed by atoms with Gasteiger partial charge in [-0.3, -0.25) is 4.99 Å². The molecule has 0 fully saturated rings. The Labute approximate surface area is 134 Å². The first-order valence-corrected chi connectivity index (χ1v) is 7.76. The van der Waals surface area contributed by atoms with E-state index in [1.165, 1.54) is 5.56 Å². The Morgan fingerprint density at radius 2 is 1.86 bits per heavy atom. The highest BCUT2D eigenvalue weighted by Gasteiger charge is 2.04. The number of nitrogens with zero attached hydrogens (tertiary/aromatic N) is 1. The predicted octanol–water partition coefficient (Wildman–Crippen LogP) is 2.46. The molecule has 0 bridgehead atoms. The topological polar surface area (TPSA) is 54.9 Å². The monoisotopic (exact) mass is 307 g/mol. The molecule has 22 heavy (non-hydrogen) atoms. The summed E-state index contributed by atoms with van der Waals surface area (Å²) in [5, 5.41) is 6.63. The Bertz CT molecular complexity index is 473. The van der Waals surface area contributed by atoms with Crippen LogP contribution in [0.3, 0.4) is 0 Å². The van der Waals surface area contributed by atoms with Gasteiger partial charge in [0.1, 0.15) is 0 Å². The van der Waals surface area contributed by atoms with Gasteiger partial charge in [-0.15, -0.1) is 0 Å². The van der Waals surface area contributed by atoms with Gasteiger partial charge in [0.15, 0.2) is 17.5 Å². The van der Waals surface area contributed by atoms with E-state index in [2.05, 4.69) is 35.5 Å². The molecule has 0 amide bonds. The van der Waals surface area contributed by atoms with E-state index < -0.39 is 0 Å². The number of aryl methyl sites for hydroxylation is 1. The number of rotatable bonds is 8. The molecule has 1 aromatic carbocycles. The molecule has 0 spiro atoms. The SMILES string of the molecule is CN=C(NCCCc1ccc(OC)c(OC)c1)NCC(C)C. The largest absolute Gasteiger partial charge is 0.493 e. The van der Waals surface area contributed by atoms with E-state index in [0.29, 0.717) is 5.92 Å². The first-order chi connectivity index (χ1) is 10.6. The summed E-state index contributed by atoms with van der Waals surface area (Å²) in [6.07, 6.45) is 2.01. The molecule has 2 N–H and O–H groups in total. The van der Waals surface area contributed by atoms with E-state index in [1.807, 2.05) is 12.1 Å². The third-order valence-corrected chi connectivity index (χ3v) is 3.28. The van der Waals surface area contributed by atoms with Gasteiger partial charge < -0.3 is 20.1 Å². The van der Waals surface area contributed by atoms with Crippen LogP contribution in [-0.4, -0.2) is 40.3 Å². The zero-order valence-corrected chi connectivity index (χ0v) is 14.4. The highest BCUT2D eigenvalue weighted by atomic mass is 16.5. The molecule has 5 heteroatoms. The number of nitrogens with one attached hydrogen (secondary N) is 2. The summed E-state index contributed by atoms with van der Waals surface area (Å²) in [6.45, 7) is 6.16. The molecular weight excluding hydrogens is 278 g/mol. The van der Waals surface area contributed by atoms with Gasteiger partial charge in [0.2, 0.25) is 0 Å². The van der Waals surface area contributed by atoms with Crippen LogP contribution in [0.4, 0.5) is 0 Å². The van der Waals surface area contributed by atoms with Crippen LogP contribution in [0.2, 0.25) is 0 Å². The first kappa shape index (κ1) is 18.1. The molecule has 5 nitrogen and oxygen atoms in total. The zero-order valence-electron chi connectivity index (χ0n) is 14.4. The first-order valence-electron chi connectivity index (χ1n) is 7.76. The number of hydrogen-bond donors (Lipinski definition) is 2. The van der Waals surface area contributed by atoms with E-state index in [1.54, 1.807) is 21.3 Å². The van der Waals surface area contributed by atoms with Gasteiger partial charge in [0, 0.05) is 20.1 Å². The Kier molecular flexibility index (Phi) is 8.18. The van der Waals surface area contributed by atoms with Crippen LogP contribution in [0.5, 0.6) is 11.5 Å². The van der Waals surface area contributed by atoms with Crippen LogP contribution in [0.25, 0.3) is 0 Å². The molecule has 0 aromatic heterocycles. The van der Waals surface area contributed by atoms with Crippen molar-refractivity contribution >= 4 is 5.96 Å². The molecule has 0 aliphatic carbocycles. The van der Waals surface area contributed by atoms with E-state index in [4.69, 9.17) is 9.47 Å². The quantitative estimate of drug-likeness (QED) is 0.440. The summed E-state index contributed by atoms with van der Waals surface area (Å²) in [5.41, 5.74) is 1.24. The summed E-state index contributed by atoms with van der Waals surface area (Å²) in [5.74, 6) is 3.01. The summed E-state index contributed by atoms with van der Waals surface area (Å²) in [6, 6.07) is 6.06. The van der Waals surface area contributed by atoms with Crippen LogP contribution >= 0.6 is 0 Å². The summed E-state index contributed by atoms with van der Waals surface area (Å²) < 4.78 is 10.6. The van der Waals surface area contributed by atoms with Crippen LogP contribution in [0.15, 0.2) is 23.2 Å². The summed E-state index contributed by atoms with van der Waals surface area (Å²) in [4.78, 5) is 4.21. The normalized spacial score (nSPS) is 11.5. The maximum absolute atomic E-state index is 5.32. The highest BCUT2D eigenvalue weighted by Crippen LogP contribution is 2.27. The Balaban J connectivity index is 2.38. The third kappa shape index (κ3) is 6.24. The van der Waals surface area contributed by atoms with Gasteiger partial charge >= 0.3 is 0 Å². The van der Waals surface area contributed by atoms with E-state index in [9.17, 15) is 0 Å². The Hall–Kier alpha value is -1.91. The number of benzene rings is 1. The fourth-order valence-electron chi connectivity index (χ4n) is 2.06. The molecule has 0 heterocycles. The molecule has 0 radical (unpaired) electrons. The van der Waals surface area contributed by atoms with Crippen LogP contribution < -0.4 is 20.1 Å². The standard InChI is InChI=1S/C17H29N3O2/c1-13(2)12-20-17(18-3)19-10-6-7-14-8-9-15(21-4)16(11-14)22-5/h8-9,11,13H,6-7,10,12H2,1-5H3,(H2,18,19,20). The Morgan fingerprint density at radius 3 is 2.45 bits per heavy atom. The van der Waals surface area contributed by atoms with Gasteiger partial charge in [-0.2, -0.15) is 0 Å². The number of ether oxygens (including phenoxy) is 2. The second-order valence-electron chi connectivity index (χ2n) is 5.57. The zero-order chi connectivity index (χ0) is 16.4. The third-order valence-electron chi connectivity index (χ3n) is 3.28. The lowest BCUT2D eigenvalue weighted by atomic mass is 10.1. The van der Waals surface area contributed by atoms with Gasteiger partial charge in [-0.25, -0.2) is 0 Å². The van der Waals surface area contributed by atoms with Crippen molar-refractivity contribution in [3.05, 3.63) is 23.8 Å². The van der Waals surface area contributed by atoms with Crippen LogP contribution in [0, 0.1) is 5.92 Å². The average Bonchev–Trinajstić information content (AvgIpc) is 2.53. The number of hydrogen-bond acceptors (Lipinski definition) is 3. The maximum Gasteiger partial charge on any atom is 0.190 e. The molecular formula is C17H29N3O2. The predicted molar refractivity (Wildman–Crippen MR) is 92.1 cm³/mol. The average molecular weight is 307 g/mol. The van der Waals surface area contributed by atoms with Gasteiger partial charge in [0.05, 0.1) is 14.2 Å². The molecule has 0 atom stereocenters. The van der Waals surface area contributed by atoms with Crippen molar-refractivity contribution in [1.82, 2.24) is 10.6 Å². The van der Waals surface area contributed by atoms with Crippen LogP contribution in [-0.2, 0) is 6.42 Å². The van der Waals surface area contributed by atoms with Crippen molar-refractivity contribution in [2.45, 2.75) is 26.7 Å². The molecule has 1 aromatic rings. The van der Waals surface area contributed by atoms with Crippen LogP contribution in [0.1, 0.15) is 25.8 Å². The van der Waals surface area contributed by atoms with Crippen molar-refractivity contribution < 1.29 is 9.47 Å². The minimum absolute atomic E-state index is 0.602. The molecule has 0 aliphatic rings. The van der Waals surface area contributed by atoms with Crippen molar-refractivity contribution in [2.75, 3.05) is 34.4 Å². The second-order valence-corrected chi connectivity index (χ2v) is 5.57. The van der Waals surface area contributed by atoms with E-state index in [-0.39, 0.29) is 0 Å². The lowest BCUT2D eigenvalue weighted by Gasteiger charge is -2.13. The maximum atomic E-state index is 5.32. The minimum Gasteiger partial charge on any atom is -0.493 e. The molecule has 0 saturated heterocycles. The van der Waals surface area contributed by atoms with E-state index in [0.717, 1.165) is 43.4 Å². The fourth-order valence-corrected chi connectivity index (χ4v) is 2.06. The molecule has 1 rings (SSSR count). The summed E-state index contributed by atoms with van der Waals surface area (Å²) in [7, 11) is 5.11. The molecule has 0 unspecified atom stereocenters. The number of methoxy groups -OCH3 is 2. The number of guanidine groups is 1. The summed E-state index contributed by atoms with van der Waals surface area (Å²) >= 11 is 0. The fraction of sp³-hybridized carbons (Fsp3) is 0.588. The number of aliphatic imine (C=N–C) groups is 1. The van der Waals surface area contributed by atoms with E-state index >= 15 is 0 Å². The van der Waals surface area contributed by atoms with Crippen molar-refractivity contribution in [3.8, 4) is 11.5 Å². The molecule has 0 saturated carbocycles. The highest BCUT2D eigenvalue weighted by molar-refractivity contribution is 5.79.